The number of alkyl halides is 3. The average Bonchev–Trinajstić information content (AvgIpc) is 3.31. The van der Waals surface area contributed by atoms with Crippen molar-refractivity contribution in [2.45, 2.75) is 45.0 Å². The van der Waals surface area contributed by atoms with Crippen LogP contribution in [0.3, 0.4) is 0 Å². The van der Waals surface area contributed by atoms with Gasteiger partial charge in [0.15, 0.2) is 6.10 Å². The molecule has 200 valence electrons. The van der Waals surface area contributed by atoms with Crippen LogP contribution in [0, 0.1) is 6.92 Å². The van der Waals surface area contributed by atoms with Crippen molar-refractivity contribution in [2.75, 3.05) is 6.61 Å². The first kappa shape index (κ1) is 27.5. The largest absolute Gasteiger partial charge is 0.480 e. The fourth-order valence-electron chi connectivity index (χ4n) is 4.03. The molecular weight excluding hydrogens is 519 g/mol. The van der Waals surface area contributed by atoms with Crippen molar-refractivity contribution < 1.29 is 27.8 Å². The molecule has 38 heavy (non-hydrogen) atoms. The molecule has 1 amide bonds. The van der Waals surface area contributed by atoms with Gasteiger partial charge < -0.3 is 19.6 Å². The van der Waals surface area contributed by atoms with Crippen LogP contribution in [-0.4, -0.2) is 45.3 Å². The number of aromatic nitrogens is 2. The Balaban J connectivity index is 1.42. The van der Waals surface area contributed by atoms with Crippen LogP contribution >= 0.6 is 11.6 Å². The van der Waals surface area contributed by atoms with E-state index in [-0.39, 0.29) is 29.0 Å². The van der Waals surface area contributed by atoms with E-state index in [1.165, 1.54) is 18.2 Å². The summed E-state index contributed by atoms with van der Waals surface area (Å²) in [6.45, 7) is 2.75. The third-order valence-corrected chi connectivity index (χ3v) is 6.48. The van der Waals surface area contributed by atoms with Crippen LogP contribution < -0.4 is 10.1 Å². The van der Waals surface area contributed by atoms with E-state index in [0.29, 0.717) is 12.8 Å². The molecule has 2 heterocycles. The maximum atomic E-state index is 12.8. The predicted molar refractivity (Wildman–Crippen MR) is 140 cm³/mol. The Hall–Kier alpha value is -3.56. The first-order valence-electron chi connectivity index (χ1n) is 12.0. The number of pyridine rings is 1. The quantitative estimate of drug-likeness (QED) is 0.270. The summed E-state index contributed by atoms with van der Waals surface area (Å²) in [5, 5.41) is 12.3. The Morgan fingerprint density at radius 1 is 1.18 bits per heavy atom. The zero-order valence-electron chi connectivity index (χ0n) is 20.8. The van der Waals surface area contributed by atoms with E-state index in [0.717, 1.165) is 35.0 Å². The lowest BCUT2D eigenvalue weighted by atomic mass is 10.0. The monoisotopic (exact) mass is 545 g/mol. The van der Waals surface area contributed by atoms with E-state index in [4.69, 9.17) is 21.3 Å². The fraction of sp³-hybridized carbons (Fsp3) is 0.286. The van der Waals surface area contributed by atoms with Crippen molar-refractivity contribution in [3.63, 3.8) is 0 Å². The summed E-state index contributed by atoms with van der Waals surface area (Å²) in [6, 6.07) is 15.3. The Kier molecular flexibility index (Phi) is 8.28. The zero-order valence-corrected chi connectivity index (χ0v) is 21.6. The number of imidazole rings is 1. The van der Waals surface area contributed by atoms with Gasteiger partial charge in [0, 0.05) is 36.2 Å². The van der Waals surface area contributed by atoms with Crippen molar-refractivity contribution in [3.8, 4) is 17.0 Å². The number of hydrogen-bond donors (Lipinski definition) is 2. The highest BCUT2D eigenvalue weighted by Gasteiger charge is 2.38. The molecule has 6 nitrogen and oxygen atoms in total. The van der Waals surface area contributed by atoms with Gasteiger partial charge in [0.1, 0.15) is 11.4 Å². The molecule has 0 spiro atoms. The number of nitrogens with one attached hydrogen (secondary N) is 1. The normalized spacial score (nSPS) is 13.3. The molecule has 2 N–H and O–H groups in total. The number of hydrogen-bond acceptors (Lipinski definition) is 4. The minimum absolute atomic E-state index is 0.106. The number of nitrogens with zero attached hydrogens (tertiary/aromatic N) is 2. The van der Waals surface area contributed by atoms with Crippen LogP contribution in [0.25, 0.3) is 16.9 Å². The van der Waals surface area contributed by atoms with Gasteiger partial charge in [-0.05, 0) is 62.1 Å². The summed E-state index contributed by atoms with van der Waals surface area (Å²) < 4.78 is 45.2. The van der Waals surface area contributed by atoms with Gasteiger partial charge in [-0.15, -0.1) is 0 Å². The molecule has 0 fully saturated rings. The molecule has 0 aliphatic heterocycles. The second-order valence-corrected chi connectivity index (χ2v) is 9.49. The minimum Gasteiger partial charge on any atom is -0.480 e. The molecule has 4 rings (SSSR count). The zero-order chi connectivity index (χ0) is 27.4. The summed E-state index contributed by atoms with van der Waals surface area (Å²) in [7, 11) is 0. The minimum atomic E-state index is -4.54. The number of halogens is 4. The SMILES string of the molecule is Cc1cccn2cc(-c3ccc(CC(CCO)NC(=O)c4ccc(OC(C)C(F)(F)F)c(Cl)c4)cc3)nc12. The first-order valence-corrected chi connectivity index (χ1v) is 12.4. The second-order valence-electron chi connectivity index (χ2n) is 9.08. The van der Waals surface area contributed by atoms with Crippen molar-refractivity contribution in [1.82, 2.24) is 14.7 Å². The van der Waals surface area contributed by atoms with Gasteiger partial charge in [0.25, 0.3) is 5.91 Å². The molecule has 2 unspecified atom stereocenters. The molecular formula is C28H27ClF3N3O3. The Morgan fingerprint density at radius 2 is 1.92 bits per heavy atom. The van der Waals surface area contributed by atoms with E-state index in [1.807, 2.05) is 60.1 Å². The van der Waals surface area contributed by atoms with Crippen LogP contribution in [0.1, 0.15) is 34.8 Å². The Labute approximate surface area is 223 Å². The number of fused-ring (bicyclic) bond motifs is 1. The molecule has 0 saturated carbocycles. The summed E-state index contributed by atoms with van der Waals surface area (Å²) in [6.07, 6.45) is -1.88. The van der Waals surface area contributed by atoms with Crippen LogP contribution in [0.15, 0.2) is 67.0 Å². The van der Waals surface area contributed by atoms with Crippen molar-refractivity contribution in [1.29, 1.82) is 0 Å². The molecule has 0 radical (unpaired) electrons. The lowest BCUT2D eigenvalue weighted by Gasteiger charge is -2.20. The average molecular weight is 546 g/mol. The molecule has 0 bridgehead atoms. The smallest absolute Gasteiger partial charge is 0.425 e. The molecule has 10 heteroatoms. The van der Waals surface area contributed by atoms with E-state index >= 15 is 0 Å². The number of carbonyl (C=O) groups is 1. The van der Waals surface area contributed by atoms with Crippen LogP contribution in [0.2, 0.25) is 5.02 Å². The highest BCUT2D eigenvalue weighted by molar-refractivity contribution is 6.32. The number of benzene rings is 2. The highest BCUT2D eigenvalue weighted by Crippen LogP contribution is 2.31. The van der Waals surface area contributed by atoms with E-state index in [9.17, 15) is 23.1 Å². The number of aliphatic hydroxyl groups is 1. The van der Waals surface area contributed by atoms with Crippen LogP contribution in [0.5, 0.6) is 5.75 Å². The Bertz CT molecular complexity index is 1420. The molecule has 2 aromatic carbocycles. The van der Waals surface area contributed by atoms with Gasteiger partial charge in [-0.25, -0.2) is 4.98 Å². The summed E-state index contributed by atoms with van der Waals surface area (Å²) >= 11 is 6.08. The van der Waals surface area contributed by atoms with Crippen LogP contribution in [0.4, 0.5) is 13.2 Å². The number of aryl methyl sites for hydroxylation is 1. The van der Waals surface area contributed by atoms with Gasteiger partial charge in [-0.3, -0.25) is 4.79 Å². The fourth-order valence-corrected chi connectivity index (χ4v) is 4.26. The maximum Gasteiger partial charge on any atom is 0.425 e. The van der Waals surface area contributed by atoms with Gasteiger partial charge >= 0.3 is 6.18 Å². The van der Waals surface area contributed by atoms with Gasteiger partial charge in [-0.2, -0.15) is 13.2 Å². The van der Waals surface area contributed by atoms with Crippen molar-refractivity contribution >= 4 is 23.2 Å². The first-order chi connectivity index (χ1) is 18.0. The number of aliphatic hydroxyl groups excluding tert-OH is 1. The predicted octanol–water partition coefficient (Wildman–Crippen LogP) is 6.02. The van der Waals surface area contributed by atoms with Gasteiger partial charge in [0.2, 0.25) is 0 Å². The maximum absolute atomic E-state index is 12.8. The third-order valence-electron chi connectivity index (χ3n) is 6.18. The van der Waals surface area contributed by atoms with Crippen molar-refractivity contribution in [2.24, 2.45) is 0 Å². The summed E-state index contributed by atoms with van der Waals surface area (Å²) in [5.41, 5.74) is 4.90. The summed E-state index contributed by atoms with van der Waals surface area (Å²) in [5.74, 6) is -0.627. The Morgan fingerprint density at radius 3 is 2.55 bits per heavy atom. The second kappa shape index (κ2) is 11.4. The number of carbonyl (C=O) groups excluding carboxylic acids is 1. The van der Waals surface area contributed by atoms with E-state index in [2.05, 4.69) is 5.32 Å². The molecule has 2 atom stereocenters. The molecule has 0 saturated heterocycles. The topological polar surface area (TPSA) is 75.9 Å². The number of ether oxygens (including phenoxy) is 1. The van der Waals surface area contributed by atoms with E-state index < -0.39 is 18.2 Å². The van der Waals surface area contributed by atoms with Crippen LogP contribution in [-0.2, 0) is 6.42 Å². The summed E-state index contributed by atoms with van der Waals surface area (Å²) in [4.78, 5) is 17.5. The molecule has 2 aromatic heterocycles. The standard InChI is InChI=1S/C28H27ClF3N3O3/c1-17-4-3-12-35-16-24(34-26(17)35)20-7-5-19(6-8-20)14-22(11-13-36)33-27(37)21-9-10-25(23(29)15-21)38-18(2)28(30,31)32/h3-10,12,15-16,18,22,36H,11,13-14H2,1-2H3,(H,33,37). The molecule has 0 aliphatic rings. The lowest BCUT2D eigenvalue weighted by molar-refractivity contribution is -0.189. The van der Waals surface area contributed by atoms with Crippen molar-refractivity contribution in [3.05, 3.63) is 88.7 Å². The van der Waals surface area contributed by atoms with E-state index in [1.54, 1.807) is 0 Å². The molecule has 0 aliphatic carbocycles. The van der Waals surface area contributed by atoms with Gasteiger partial charge in [-0.1, -0.05) is 41.9 Å². The number of rotatable bonds is 9. The number of amides is 1. The highest BCUT2D eigenvalue weighted by atomic mass is 35.5. The third kappa shape index (κ3) is 6.46. The van der Waals surface area contributed by atoms with Gasteiger partial charge in [0.05, 0.1) is 10.7 Å². The lowest BCUT2D eigenvalue weighted by Crippen LogP contribution is -2.37. The molecule has 4 aromatic rings.